The number of aliphatic hydroxyl groups is 3. The average Bonchev–Trinajstić information content (AvgIpc) is 3.04. The molecule has 29 heavy (non-hydrogen) atoms. The molecule has 0 spiro atoms. The second-order valence-corrected chi connectivity index (χ2v) is 9.52. The standard InChI is InChI=1S/C26H38O3/c1-18(8-5-4-6-15-27)23-12-13-24-20(9-7-14-26(23,24)3)10-11-21-16-22(28)17-25(29)19(21)2/h4-6,8,10-11,18,22-25,27-29H,2,7,9,12-17H2,1,3H3/b6-4+,8-5+,20-10+,21-11+/t18-,22-,23-,24+,25+,26-/m1/s1. The van der Waals surface area contributed by atoms with Gasteiger partial charge in [-0.25, -0.2) is 0 Å². The van der Waals surface area contributed by atoms with Gasteiger partial charge in [0.2, 0.25) is 0 Å². The lowest BCUT2D eigenvalue weighted by molar-refractivity contribution is 0.0862. The maximum atomic E-state index is 10.1. The quantitative estimate of drug-likeness (QED) is 0.579. The summed E-state index contributed by atoms with van der Waals surface area (Å²) in [6.07, 6.45) is 18.5. The van der Waals surface area contributed by atoms with Crippen molar-refractivity contribution in [3.05, 3.63) is 59.8 Å². The largest absolute Gasteiger partial charge is 0.393 e. The highest BCUT2D eigenvalue weighted by Crippen LogP contribution is 2.59. The van der Waals surface area contributed by atoms with Crippen LogP contribution in [0.25, 0.3) is 0 Å². The summed E-state index contributed by atoms with van der Waals surface area (Å²) in [5, 5.41) is 29.0. The van der Waals surface area contributed by atoms with Gasteiger partial charge in [-0.3, -0.25) is 0 Å². The molecule has 160 valence electrons. The second-order valence-electron chi connectivity index (χ2n) is 9.52. The van der Waals surface area contributed by atoms with E-state index in [1.165, 1.54) is 31.3 Å². The summed E-state index contributed by atoms with van der Waals surface area (Å²) in [4.78, 5) is 0. The Morgan fingerprint density at radius 1 is 1.21 bits per heavy atom. The number of allylic oxidation sites excluding steroid dienone is 6. The zero-order valence-corrected chi connectivity index (χ0v) is 18.1. The Morgan fingerprint density at radius 3 is 2.76 bits per heavy atom. The molecule has 3 saturated carbocycles. The highest BCUT2D eigenvalue weighted by atomic mass is 16.3. The van der Waals surface area contributed by atoms with Gasteiger partial charge < -0.3 is 15.3 Å². The van der Waals surface area contributed by atoms with Crippen LogP contribution < -0.4 is 0 Å². The normalized spacial score (nSPS) is 39.7. The van der Waals surface area contributed by atoms with Gasteiger partial charge in [-0.1, -0.05) is 62.5 Å². The molecule has 0 saturated heterocycles. The monoisotopic (exact) mass is 398 g/mol. The van der Waals surface area contributed by atoms with Crippen molar-refractivity contribution in [2.24, 2.45) is 23.2 Å². The summed E-state index contributed by atoms with van der Waals surface area (Å²) in [5.74, 6) is 1.82. The third-order valence-electron chi connectivity index (χ3n) is 7.70. The van der Waals surface area contributed by atoms with Crippen LogP contribution in [0.4, 0.5) is 0 Å². The van der Waals surface area contributed by atoms with Gasteiger partial charge in [-0.2, -0.15) is 0 Å². The van der Waals surface area contributed by atoms with E-state index in [1.807, 2.05) is 6.08 Å². The molecule has 0 heterocycles. The highest BCUT2D eigenvalue weighted by Gasteiger charge is 2.50. The van der Waals surface area contributed by atoms with E-state index in [1.54, 1.807) is 6.08 Å². The molecule has 0 bridgehead atoms. The van der Waals surface area contributed by atoms with Gasteiger partial charge in [0.25, 0.3) is 0 Å². The Labute approximate surface area is 176 Å². The van der Waals surface area contributed by atoms with Crippen molar-refractivity contribution in [1.29, 1.82) is 0 Å². The second kappa shape index (κ2) is 9.59. The van der Waals surface area contributed by atoms with Crippen molar-refractivity contribution in [2.45, 2.75) is 71.0 Å². The van der Waals surface area contributed by atoms with Crippen molar-refractivity contribution in [3.63, 3.8) is 0 Å². The molecule has 3 fully saturated rings. The third kappa shape index (κ3) is 4.84. The van der Waals surface area contributed by atoms with Crippen molar-refractivity contribution in [3.8, 4) is 0 Å². The van der Waals surface area contributed by atoms with Gasteiger partial charge in [-0.15, -0.1) is 0 Å². The van der Waals surface area contributed by atoms with Crippen LogP contribution in [0.5, 0.6) is 0 Å². The Bertz CT molecular complexity index is 713. The summed E-state index contributed by atoms with van der Waals surface area (Å²) in [7, 11) is 0. The van der Waals surface area contributed by atoms with Crippen molar-refractivity contribution in [2.75, 3.05) is 6.61 Å². The van der Waals surface area contributed by atoms with E-state index in [4.69, 9.17) is 5.11 Å². The molecule has 3 heteroatoms. The van der Waals surface area contributed by atoms with E-state index >= 15 is 0 Å². The van der Waals surface area contributed by atoms with Crippen LogP contribution in [-0.4, -0.2) is 34.1 Å². The molecule has 0 radical (unpaired) electrons. The van der Waals surface area contributed by atoms with Crippen LogP contribution in [0.3, 0.4) is 0 Å². The van der Waals surface area contributed by atoms with Crippen LogP contribution in [0.1, 0.15) is 58.8 Å². The SMILES string of the molecule is C=C1/C(=C/C=C2\CCC[C@]3(C)[C@@H]([C@H](C)/C=C/C=C/CO)CC[C@@H]23)C[C@@H](O)C[C@@H]1O. The Hall–Kier alpha value is -1.42. The summed E-state index contributed by atoms with van der Waals surface area (Å²) in [6, 6.07) is 0. The topological polar surface area (TPSA) is 60.7 Å². The van der Waals surface area contributed by atoms with Gasteiger partial charge in [0, 0.05) is 6.42 Å². The summed E-state index contributed by atoms with van der Waals surface area (Å²) >= 11 is 0. The lowest BCUT2D eigenvalue weighted by atomic mass is 9.61. The lowest BCUT2D eigenvalue weighted by Gasteiger charge is -2.44. The van der Waals surface area contributed by atoms with Crippen LogP contribution in [0.2, 0.25) is 0 Å². The van der Waals surface area contributed by atoms with Crippen molar-refractivity contribution in [1.82, 2.24) is 0 Å². The van der Waals surface area contributed by atoms with Gasteiger partial charge in [0.05, 0.1) is 18.8 Å². The summed E-state index contributed by atoms with van der Waals surface area (Å²) in [5.41, 5.74) is 3.63. The van der Waals surface area contributed by atoms with E-state index in [0.29, 0.717) is 36.0 Å². The van der Waals surface area contributed by atoms with Gasteiger partial charge in [0.15, 0.2) is 0 Å². The number of rotatable bonds is 5. The molecule has 0 amide bonds. The molecule has 0 aliphatic heterocycles. The number of hydrogen-bond acceptors (Lipinski definition) is 3. The van der Waals surface area contributed by atoms with Gasteiger partial charge >= 0.3 is 0 Å². The Morgan fingerprint density at radius 2 is 2.00 bits per heavy atom. The van der Waals surface area contributed by atoms with E-state index in [0.717, 1.165) is 17.6 Å². The van der Waals surface area contributed by atoms with Crippen LogP contribution in [0, 0.1) is 23.2 Å². The fourth-order valence-electron chi connectivity index (χ4n) is 6.12. The molecule has 3 nitrogen and oxygen atoms in total. The summed E-state index contributed by atoms with van der Waals surface area (Å²) < 4.78 is 0. The predicted molar refractivity (Wildman–Crippen MR) is 119 cm³/mol. The van der Waals surface area contributed by atoms with Gasteiger partial charge in [-0.05, 0) is 72.8 Å². The van der Waals surface area contributed by atoms with Gasteiger partial charge in [0.1, 0.15) is 0 Å². The first-order valence-corrected chi connectivity index (χ1v) is 11.3. The minimum atomic E-state index is -0.622. The number of aliphatic hydroxyl groups excluding tert-OH is 3. The molecule has 0 unspecified atom stereocenters. The third-order valence-corrected chi connectivity index (χ3v) is 7.70. The number of fused-ring (bicyclic) bond motifs is 1. The van der Waals surface area contributed by atoms with E-state index in [-0.39, 0.29) is 6.61 Å². The zero-order valence-electron chi connectivity index (χ0n) is 18.1. The molecule has 3 rings (SSSR count). The molecule has 3 N–H and O–H groups in total. The predicted octanol–water partition coefficient (Wildman–Crippen LogP) is 4.87. The smallest absolute Gasteiger partial charge is 0.0811 e. The Balaban J connectivity index is 1.76. The molecule has 3 aliphatic carbocycles. The van der Waals surface area contributed by atoms with E-state index in [9.17, 15) is 10.2 Å². The number of hydrogen-bond donors (Lipinski definition) is 3. The first-order valence-electron chi connectivity index (χ1n) is 11.3. The maximum Gasteiger partial charge on any atom is 0.0811 e. The first kappa shape index (κ1) is 22.3. The minimum absolute atomic E-state index is 0.0894. The Kier molecular flexibility index (Phi) is 7.37. The van der Waals surface area contributed by atoms with Crippen LogP contribution in [-0.2, 0) is 0 Å². The fraction of sp³-hybridized carbons (Fsp3) is 0.615. The molecular weight excluding hydrogens is 360 g/mol. The average molecular weight is 399 g/mol. The molecule has 0 aromatic rings. The first-order chi connectivity index (χ1) is 13.9. The molecule has 3 aliphatic rings. The lowest BCUT2D eigenvalue weighted by Crippen LogP contribution is -2.35. The molecule has 0 aromatic carbocycles. The van der Waals surface area contributed by atoms with E-state index in [2.05, 4.69) is 44.7 Å². The van der Waals surface area contributed by atoms with Crippen LogP contribution >= 0.6 is 0 Å². The van der Waals surface area contributed by atoms with Crippen molar-refractivity contribution < 1.29 is 15.3 Å². The molecule has 6 atom stereocenters. The molecular formula is C26H38O3. The van der Waals surface area contributed by atoms with Crippen molar-refractivity contribution >= 4 is 0 Å². The maximum absolute atomic E-state index is 10.1. The summed E-state index contributed by atoms with van der Waals surface area (Å²) in [6.45, 7) is 8.95. The van der Waals surface area contributed by atoms with Crippen LogP contribution in [0.15, 0.2) is 59.8 Å². The highest BCUT2D eigenvalue weighted by molar-refractivity contribution is 5.38. The van der Waals surface area contributed by atoms with E-state index < -0.39 is 12.2 Å². The fourth-order valence-corrected chi connectivity index (χ4v) is 6.12. The molecule has 0 aromatic heterocycles. The minimum Gasteiger partial charge on any atom is -0.393 e. The zero-order chi connectivity index (χ0) is 21.0.